The van der Waals surface area contributed by atoms with Crippen LogP contribution in [0.2, 0.25) is 0 Å². The second-order valence-electron chi connectivity index (χ2n) is 5.44. The van der Waals surface area contributed by atoms with Gasteiger partial charge in [0.05, 0.1) is 23.6 Å². The number of hydrogen-bond donors (Lipinski definition) is 0. The fraction of sp³-hybridized carbons (Fsp3) is 0.562. The van der Waals surface area contributed by atoms with Gasteiger partial charge in [-0.15, -0.1) is 0 Å². The molecule has 1 fully saturated rings. The second kappa shape index (κ2) is 7.79. The molecule has 1 aromatic carbocycles. The van der Waals surface area contributed by atoms with E-state index in [0.717, 1.165) is 5.69 Å². The molecule has 2 rings (SSSR count). The van der Waals surface area contributed by atoms with Crippen molar-refractivity contribution in [3.8, 4) is 0 Å². The highest BCUT2D eigenvalue weighted by molar-refractivity contribution is 7.89. The maximum Gasteiger partial charge on any atom is 0.340 e. The van der Waals surface area contributed by atoms with Crippen molar-refractivity contribution in [3.63, 3.8) is 0 Å². The molecule has 0 radical (unpaired) electrons. The smallest absolute Gasteiger partial charge is 0.340 e. The lowest BCUT2D eigenvalue weighted by molar-refractivity contribution is 0.0527. The molecule has 23 heavy (non-hydrogen) atoms. The first-order valence-corrected chi connectivity index (χ1v) is 9.59. The number of esters is 1. The molecule has 0 N–H and O–H groups in total. The molecule has 6 nitrogen and oxygen atoms in total. The van der Waals surface area contributed by atoms with E-state index in [0.29, 0.717) is 44.8 Å². The molecule has 1 heterocycles. The molecule has 7 heteroatoms. The van der Waals surface area contributed by atoms with Gasteiger partial charge in [0.25, 0.3) is 0 Å². The molecule has 0 atom stereocenters. The van der Waals surface area contributed by atoms with Crippen LogP contribution in [0.25, 0.3) is 0 Å². The summed E-state index contributed by atoms with van der Waals surface area (Å²) in [6.45, 7) is 6.00. The third-order valence-corrected chi connectivity index (χ3v) is 5.91. The summed E-state index contributed by atoms with van der Waals surface area (Å²) in [4.78, 5) is 14.1. The Labute approximate surface area is 138 Å². The topological polar surface area (TPSA) is 66.9 Å². The number of carbonyl (C=O) groups excluding carboxylic acids is 1. The Hall–Kier alpha value is -1.60. The third-order valence-electron chi connectivity index (χ3n) is 3.83. The second-order valence-corrected chi connectivity index (χ2v) is 7.53. The van der Waals surface area contributed by atoms with Crippen LogP contribution in [0.3, 0.4) is 0 Å². The van der Waals surface area contributed by atoms with E-state index in [1.165, 1.54) is 0 Å². The van der Waals surface area contributed by atoms with E-state index >= 15 is 0 Å². The summed E-state index contributed by atoms with van der Waals surface area (Å²) < 4.78 is 30.9. The van der Waals surface area contributed by atoms with Crippen LogP contribution in [0, 0.1) is 0 Å². The van der Waals surface area contributed by atoms with Gasteiger partial charge < -0.3 is 9.64 Å². The predicted molar refractivity (Wildman–Crippen MR) is 90.3 cm³/mol. The maximum absolute atomic E-state index is 12.1. The van der Waals surface area contributed by atoms with Crippen molar-refractivity contribution in [2.24, 2.45) is 0 Å². The summed E-state index contributed by atoms with van der Waals surface area (Å²) in [6.07, 6.45) is 0.619. The van der Waals surface area contributed by atoms with Gasteiger partial charge in [-0.3, -0.25) is 0 Å². The summed E-state index contributed by atoms with van der Waals surface area (Å²) >= 11 is 0. The Morgan fingerprint density at radius 3 is 2.39 bits per heavy atom. The van der Waals surface area contributed by atoms with Gasteiger partial charge >= 0.3 is 5.97 Å². The van der Waals surface area contributed by atoms with Gasteiger partial charge in [0.1, 0.15) is 0 Å². The van der Waals surface area contributed by atoms with E-state index in [-0.39, 0.29) is 11.7 Å². The zero-order valence-corrected chi connectivity index (χ0v) is 14.5. The van der Waals surface area contributed by atoms with Gasteiger partial charge in [-0.2, -0.15) is 4.31 Å². The Morgan fingerprint density at radius 1 is 1.13 bits per heavy atom. The zero-order valence-electron chi connectivity index (χ0n) is 13.7. The third kappa shape index (κ3) is 4.23. The van der Waals surface area contributed by atoms with Gasteiger partial charge in [-0.25, -0.2) is 13.2 Å². The minimum absolute atomic E-state index is 0.187. The van der Waals surface area contributed by atoms with Gasteiger partial charge in [0.15, 0.2) is 0 Å². The average Bonchev–Trinajstić information content (AvgIpc) is 2.55. The van der Waals surface area contributed by atoms with Crippen LogP contribution in [0.15, 0.2) is 24.3 Å². The van der Waals surface area contributed by atoms with Gasteiger partial charge in [-0.1, -0.05) is 19.1 Å². The SMILES string of the molecule is CCCS(=O)(=O)N1CCN(c2ccccc2C(=O)OCC)CC1. The van der Waals surface area contributed by atoms with Crippen molar-refractivity contribution < 1.29 is 17.9 Å². The maximum atomic E-state index is 12.1. The molecule has 0 amide bonds. The minimum atomic E-state index is -3.16. The average molecular weight is 340 g/mol. The van der Waals surface area contributed by atoms with Crippen LogP contribution < -0.4 is 4.90 Å². The lowest BCUT2D eigenvalue weighted by atomic mass is 10.1. The first kappa shape index (κ1) is 17.7. The summed E-state index contributed by atoms with van der Waals surface area (Å²) in [7, 11) is -3.16. The van der Waals surface area contributed by atoms with E-state index < -0.39 is 10.0 Å². The molecule has 1 aliphatic rings. The Kier molecular flexibility index (Phi) is 6.01. The fourth-order valence-electron chi connectivity index (χ4n) is 2.73. The number of benzene rings is 1. The first-order valence-electron chi connectivity index (χ1n) is 7.98. The molecule has 128 valence electrons. The number of piperazine rings is 1. The van der Waals surface area contributed by atoms with Crippen LogP contribution in [-0.4, -0.2) is 57.2 Å². The summed E-state index contributed by atoms with van der Waals surface area (Å²) in [5.41, 5.74) is 1.33. The molecule has 1 aromatic rings. The molecule has 0 aliphatic carbocycles. The van der Waals surface area contributed by atoms with Crippen molar-refractivity contribution >= 4 is 21.7 Å². The molecular formula is C16H24N2O4S. The minimum Gasteiger partial charge on any atom is -0.462 e. The molecule has 1 aliphatic heterocycles. The summed E-state index contributed by atoms with van der Waals surface area (Å²) in [5.74, 6) is -0.156. The number of anilines is 1. The highest BCUT2D eigenvalue weighted by Gasteiger charge is 2.27. The number of rotatable bonds is 6. The number of hydrogen-bond acceptors (Lipinski definition) is 5. The monoisotopic (exact) mass is 340 g/mol. The number of para-hydroxylation sites is 1. The van der Waals surface area contributed by atoms with Gasteiger partial charge in [0, 0.05) is 26.2 Å². The normalized spacial score (nSPS) is 16.3. The summed E-state index contributed by atoms with van der Waals surface area (Å²) in [5, 5.41) is 0. The quantitative estimate of drug-likeness (QED) is 0.738. The van der Waals surface area contributed by atoms with Crippen molar-refractivity contribution in [2.45, 2.75) is 20.3 Å². The first-order chi connectivity index (χ1) is 11.0. The Bertz CT molecular complexity index is 637. The van der Waals surface area contributed by atoms with Crippen LogP contribution in [0.5, 0.6) is 0 Å². The van der Waals surface area contributed by atoms with E-state index in [9.17, 15) is 13.2 Å². The van der Waals surface area contributed by atoms with Crippen molar-refractivity contribution in [1.29, 1.82) is 0 Å². The van der Waals surface area contributed by atoms with Gasteiger partial charge in [-0.05, 0) is 25.5 Å². The molecule has 0 spiro atoms. The zero-order chi connectivity index (χ0) is 16.9. The standard InChI is InChI=1S/C16H24N2O4S/c1-3-13-23(20,21)18-11-9-17(10-12-18)15-8-6-5-7-14(15)16(19)22-4-2/h5-8H,3-4,9-13H2,1-2H3. The number of sulfonamides is 1. The van der Waals surface area contributed by atoms with E-state index in [1.807, 2.05) is 24.0 Å². The van der Waals surface area contributed by atoms with E-state index in [2.05, 4.69) is 0 Å². The number of nitrogens with zero attached hydrogens (tertiary/aromatic N) is 2. The summed E-state index contributed by atoms with van der Waals surface area (Å²) in [6, 6.07) is 7.30. The molecule has 0 saturated carbocycles. The predicted octanol–water partition coefficient (Wildman–Crippen LogP) is 1.73. The van der Waals surface area contributed by atoms with Crippen molar-refractivity contribution in [1.82, 2.24) is 4.31 Å². The highest BCUT2D eigenvalue weighted by atomic mass is 32.2. The van der Waals surface area contributed by atoms with E-state index in [1.54, 1.807) is 23.4 Å². The molecule has 0 aromatic heterocycles. The number of carbonyl (C=O) groups is 1. The van der Waals surface area contributed by atoms with E-state index in [4.69, 9.17) is 4.74 Å². The largest absolute Gasteiger partial charge is 0.462 e. The number of ether oxygens (including phenoxy) is 1. The van der Waals surface area contributed by atoms with Crippen LogP contribution in [-0.2, 0) is 14.8 Å². The van der Waals surface area contributed by atoms with Crippen LogP contribution >= 0.6 is 0 Å². The molecular weight excluding hydrogens is 316 g/mol. The van der Waals surface area contributed by atoms with Crippen LogP contribution in [0.1, 0.15) is 30.6 Å². The fourth-order valence-corrected chi connectivity index (χ4v) is 4.22. The van der Waals surface area contributed by atoms with Gasteiger partial charge in [0.2, 0.25) is 10.0 Å². The van der Waals surface area contributed by atoms with Crippen LogP contribution in [0.4, 0.5) is 5.69 Å². The molecule has 1 saturated heterocycles. The Balaban J connectivity index is 2.10. The lowest BCUT2D eigenvalue weighted by Gasteiger charge is -2.36. The van der Waals surface area contributed by atoms with Crippen molar-refractivity contribution in [3.05, 3.63) is 29.8 Å². The highest BCUT2D eigenvalue weighted by Crippen LogP contribution is 2.23. The Morgan fingerprint density at radius 2 is 1.78 bits per heavy atom. The molecule has 0 bridgehead atoms. The lowest BCUT2D eigenvalue weighted by Crippen LogP contribution is -2.49. The van der Waals surface area contributed by atoms with Crippen molar-refractivity contribution in [2.75, 3.05) is 43.4 Å². The molecule has 0 unspecified atom stereocenters.